The van der Waals surface area contributed by atoms with Gasteiger partial charge in [-0.3, -0.25) is 19.2 Å². The van der Waals surface area contributed by atoms with E-state index in [0.29, 0.717) is 67.4 Å². The van der Waals surface area contributed by atoms with Gasteiger partial charge >= 0.3 is 0 Å². The lowest BCUT2D eigenvalue weighted by Gasteiger charge is -2.16. The summed E-state index contributed by atoms with van der Waals surface area (Å²) in [5.41, 5.74) is 13.7. The van der Waals surface area contributed by atoms with Crippen LogP contribution in [0.3, 0.4) is 0 Å². The number of rotatable bonds is 21. The second kappa shape index (κ2) is 20.3. The summed E-state index contributed by atoms with van der Waals surface area (Å²) < 4.78 is 27.4. The molecule has 0 aliphatic heterocycles. The molecule has 0 aromatic heterocycles. The van der Waals surface area contributed by atoms with Crippen molar-refractivity contribution in [2.45, 2.75) is 63.3 Å². The molecule has 0 saturated carbocycles. The van der Waals surface area contributed by atoms with E-state index in [1.807, 2.05) is 0 Å². The van der Waals surface area contributed by atoms with Crippen LogP contribution in [0.15, 0.2) is 84.0 Å². The first-order valence-corrected chi connectivity index (χ1v) is 18.0. The van der Waals surface area contributed by atoms with Gasteiger partial charge in [-0.15, -0.1) is 0 Å². The zero-order chi connectivity index (χ0) is 36.4. The van der Waals surface area contributed by atoms with Crippen molar-refractivity contribution in [1.82, 2.24) is 20.7 Å². The number of nitrogens with one attached hydrogen (secondary N) is 4. The van der Waals surface area contributed by atoms with E-state index in [1.54, 1.807) is 72.8 Å². The summed E-state index contributed by atoms with van der Waals surface area (Å²) in [5, 5.41) is 20.1. The highest BCUT2D eigenvalue weighted by atomic mass is 32.2. The van der Waals surface area contributed by atoms with Crippen LogP contribution in [0.5, 0.6) is 0 Å². The molecular formula is C35H45N7O7S. The fourth-order valence-corrected chi connectivity index (χ4v) is 6.30. The third-order valence-electron chi connectivity index (χ3n) is 7.67. The molecule has 0 spiro atoms. The minimum absolute atomic E-state index is 0.0130. The molecule has 0 radical (unpaired) electrons. The third kappa shape index (κ3) is 14.1. The Balaban J connectivity index is 1.30. The van der Waals surface area contributed by atoms with Crippen LogP contribution in [-0.2, 0) is 31.9 Å². The maximum Gasteiger partial charge on any atom is 0.251 e. The highest BCUT2D eigenvalue weighted by Crippen LogP contribution is 2.10. The number of amides is 4. The van der Waals surface area contributed by atoms with Crippen molar-refractivity contribution in [1.29, 1.82) is 0 Å². The van der Waals surface area contributed by atoms with Crippen molar-refractivity contribution >= 4 is 39.5 Å². The summed E-state index contributed by atoms with van der Waals surface area (Å²) in [6, 6.07) is 20.8. The minimum atomic E-state index is -3.79. The van der Waals surface area contributed by atoms with Gasteiger partial charge < -0.3 is 32.6 Å². The Kier molecular flexibility index (Phi) is 15.9. The van der Waals surface area contributed by atoms with Crippen molar-refractivity contribution in [3.05, 3.63) is 107 Å². The zero-order valence-electron chi connectivity index (χ0n) is 27.8. The van der Waals surface area contributed by atoms with Crippen molar-refractivity contribution in [2.24, 2.45) is 16.6 Å². The van der Waals surface area contributed by atoms with E-state index in [9.17, 15) is 27.6 Å². The molecule has 50 heavy (non-hydrogen) atoms. The zero-order valence-corrected chi connectivity index (χ0v) is 28.6. The van der Waals surface area contributed by atoms with E-state index in [-0.39, 0.29) is 42.3 Å². The monoisotopic (exact) mass is 707 g/mol. The number of primary amides is 1. The van der Waals surface area contributed by atoms with Crippen LogP contribution in [0.1, 0.15) is 82.4 Å². The topological polar surface area (TPSA) is 235 Å². The van der Waals surface area contributed by atoms with E-state index in [1.165, 1.54) is 6.07 Å². The van der Waals surface area contributed by atoms with Crippen molar-refractivity contribution < 1.29 is 32.8 Å². The standard InChI is InChI=1S/C35H45N7O7S/c36-32(41-47)27-18-16-25(17-19-27)23-40-31(43)15-5-2-7-20-38-34(45)28-12-9-13-29(22-28)35(46)39-21-8-6-14-30(33(37)44)42-50(48,49)24-26-10-3-1-4-11-26/h1,3-4,9-13,16-19,22,30,42,47H,2,5-8,14-15,20-21,23-24H2,(H2,36,41)(H2,37,44)(H,38,45)(H,39,46)(H,40,43)/t30-/m1/s1. The number of nitrogens with two attached hydrogens (primary N) is 2. The number of nitrogens with zero attached hydrogens (tertiary/aromatic N) is 1. The van der Waals surface area contributed by atoms with Crippen LogP contribution in [0, 0.1) is 0 Å². The highest BCUT2D eigenvalue weighted by molar-refractivity contribution is 7.88. The largest absolute Gasteiger partial charge is 0.409 e. The molecule has 14 nitrogen and oxygen atoms in total. The molecular weight excluding hydrogens is 662 g/mol. The molecule has 0 saturated heterocycles. The van der Waals surface area contributed by atoms with Crippen LogP contribution < -0.4 is 32.1 Å². The number of carbonyl (C=O) groups excluding carboxylic acids is 4. The quantitative estimate of drug-likeness (QED) is 0.0284. The van der Waals surface area contributed by atoms with Gasteiger partial charge in [0, 0.05) is 42.7 Å². The summed E-state index contributed by atoms with van der Waals surface area (Å²) in [6.07, 6.45) is 3.52. The normalized spacial score (nSPS) is 12.1. The molecule has 0 unspecified atom stereocenters. The van der Waals surface area contributed by atoms with Crippen LogP contribution >= 0.6 is 0 Å². The highest BCUT2D eigenvalue weighted by Gasteiger charge is 2.22. The van der Waals surface area contributed by atoms with Crippen molar-refractivity contribution in [3.63, 3.8) is 0 Å². The van der Waals surface area contributed by atoms with E-state index >= 15 is 0 Å². The van der Waals surface area contributed by atoms with Crippen LogP contribution in [0.2, 0.25) is 0 Å². The van der Waals surface area contributed by atoms with Crippen LogP contribution in [0.25, 0.3) is 0 Å². The third-order valence-corrected chi connectivity index (χ3v) is 9.03. The number of sulfonamides is 1. The Morgan fingerprint density at radius 3 is 1.92 bits per heavy atom. The molecule has 3 aromatic rings. The van der Waals surface area contributed by atoms with Gasteiger partial charge in [-0.2, -0.15) is 0 Å². The Bertz CT molecular complexity index is 1720. The molecule has 0 heterocycles. The number of unbranched alkanes of at least 4 members (excludes halogenated alkanes) is 3. The molecule has 0 aliphatic carbocycles. The molecule has 1 atom stereocenters. The summed E-state index contributed by atoms with van der Waals surface area (Å²) in [7, 11) is -3.79. The first-order chi connectivity index (χ1) is 24.0. The predicted molar refractivity (Wildman–Crippen MR) is 189 cm³/mol. The lowest BCUT2D eigenvalue weighted by molar-refractivity contribution is -0.121. The second-order valence-corrected chi connectivity index (χ2v) is 13.4. The van der Waals surface area contributed by atoms with Gasteiger partial charge in [0.05, 0.1) is 5.75 Å². The molecule has 268 valence electrons. The first-order valence-electron chi connectivity index (χ1n) is 16.3. The number of amidine groups is 1. The summed E-state index contributed by atoms with van der Waals surface area (Å²) in [4.78, 5) is 49.4. The van der Waals surface area contributed by atoms with Gasteiger partial charge in [0.25, 0.3) is 11.8 Å². The number of carbonyl (C=O) groups is 4. The smallest absolute Gasteiger partial charge is 0.251 e. The summed E-state index contributed by atoms with van der Waals surface area (Å²) in [6.45, 7) is 1.05. The van der Waals surface area contributed by atoms with Crippen molar-refractivity contribution in [3.8, 4) is 0 Å². The van der Waals surface area contributed by atoms with Gasteiger partial charge in [-0.25, -0.2) is 13.1 Å². The van der Waals surface area contributed by atoms with Crippen LogP contribution in [0.4, 0.5) is 0 Å². The van der Waals surface area contributed by atoms with E-state index < -0.39 is 22.0 Å². The fraction of sp³-hybridized carbons (Fsp3) is 0.343. The lowest BCUT2D eigenvalue weighted by Crippen LogP contribution is -2.44. The average molecular weight is 708 g/mol. The van der Waals surface area contributed by atoms with Crippen molar-refractivity contribution in [2.75, 3.05) is 13.1 Å². The van der Waals surface area contributed by atoms with Gasteiger partial charge in [-0.1, -0.05) is 72.2 Å². The van der Waals surface area contributed by atoms with Crippen LogP contribution in [-0.4, -0.2) is 62.2 Å². The minimum Gasteiger partial charge on any atom is -0.409 e. The molecule has 4 amide bonds. The molecule has 3 aromatic carbocycles. The Labute approximate surface area is 292 Å². The van der Waals surface area contributed by atoms with E-state index in [4.69, 9.17) is 16.7 Å². The molecule has 0 fully saturated rings. The molecule has 3 rings (SSSR count). The molecule has 0 bridgehead atoms. The predicted octanol–water partition coefficient (Wildman–Crippen LogP) is 2.26. The maximum atomic E-state index is 12.7. The first kappa shape index (κ1) is 39.2. The number of hydrogen-bond donors (Lipinski definition) is 7. The Morgan fingerprint density at radius 1 is 0.700 bits per heavy atom. The lowest BCUT2D eigenvalue weighted by atomic mass is 10.1. The summed E-state index contributed by atoms with van der Waals surface area (Å²) >= 11 is 0. The number of hydrogen-bond acceptors (Lipinski definition) is 8. The Morgan fingerprint density at radius 2 is 1.32 bits per heavy atom. The average Bonchev–Trinajstić information content (AvgIpc) is 3.11. The number of benzene rings is 3. The van der Waals surface area contributed by atoms with E-state index in [0.717, 1.165) is 12.0 Å². The van der Waals surface area contributed by atoms with Gasteiger partial charge in [-0.05, 0) is 61.4 Å². The molecule has 15 heteroatoms. The maximum absolute atomic E-state index is 12.7. The van der Waals surface area contributed by atoms with E-state index in [2.05, 4.69) is 25.8 Å². The molecule has 9 N–H and O–H groups in total. The fourth-order valence-electron chi connectivity index (χ4n) is 4.92. The SMILES string of the molecule is NC(=O)[C@@H](CCCCNC(=O)c1cccc(C(=O)NCCCCCC(=O)NCc2ccc(/C(N)=N/O)cc2)c1)NS(=O)(=O)Cc1ccccc1. The second-order valence-electron chi connectivity index (χ2n) is 11.7. The Hall–Kier alpha value is -5.28. The molecule has 0 aliphatic rings. The van der Waals surface area contributed by atoms with Gasteiger partial charge in [0.1, 0.15) is 6.04 Å². The summed E-state index contributed by atoms with van der Waals surface area (Å²) in [5.74, 6) is -1.80. The van der Waals surface area contributed by atoms with Gasteiger partial charge in [0.15, 0.2) is 5.84 Å². The number of oxime groups is 1. The van der Waals surface area contributed by atoms with Gasteiger partial charge in [0.2, 0.25) is 21.8 Å².